The molecule has 1 aliphatic rings. The Morgan fingerprint density at radius 3 is 2.67 bits per heavy atom. The summed E-state index contributed by atoms with van der Waals surface area (Å²) in [7, 11) is 0. The summed E-state index contributed by atoms with van der Waals surface area (Å²) in [5.74, 6) is 0.315. The van der Waals surface area contributed by atoms with Gasteiger partial charge >= 0.3 is 0 Å². The van der Waals surface area contributed by atoms with E-state index in [2.05, 4.69) is 13.8 Å². The zero-order chi connectivity index (χ0) is 9.19. The number of carbonyl (C=O) groups is 1. The molecule has 12 heavy (non-hydrogen) atoms. The minimum atomic E-state index is 0.157. The van der Waals surface area contributed by atoms with E-state index in [0.29, 0.717) is 18.6 Å². The number of hydrogen-bond acceptors (Lipinski definition) is 2. The number of hydrogen-bond donors (Lipinski definition) is 0. The number of ketones is 1. The standard InChI is InChI=1S/C10H18O2/c1-4-8(11)7-9-10(2,3)5-6-12-9/h9H,4-7H2,1-3H3. The quantitative estimate of drug-likeness (QED) is 0.649. The molecule has 1 fully saturated rings. The molecule has 0 aliphatic carbocycles. The van der Waals surface area contributed by atoms with E-state index in [1.165, 1.54) is 0 Å². The van der Waals surface area contributed by atoms with Gasteiger partial charge in [0.25, 0.3) is 0 Å². The maximum atomic E-state index is 11.2. The number of Topliss-reactive ketones (excluding diaryl/α,β-unsaturated/α-hetero) is 1. The fourth-order valence-electron chi connectivity index (χ4n) is 1.54. The van der Waals surface area contributed by atoms with Crippen molar-refractivity contribution < 1.29 is 9.53 Å². The molecule has 1 unspecified atom stereocenters. The lowest BCUT2D eigenvalue weighted by Crippen LogP contribution is -2.26. The molecule has 0 radical (unpaired) electrons. The van der Waals surface area contributed by atoms with Crippen molar-refractivity contribution in [2.75, 3.05) is 6.61 Å². The van der Waals surface area contributed by atoms with Crippen molar-refractivity contribution in [3.63, 3.8) is 0 Å². The monoisotopic (exact) mass is 170 g/mol. The van der Waals surface area contributed by atoms with Crippen LogP contribution in [-0.4, -0.2) is 18.5 Å². The molecule has 70 valence electrons. The number of carbonyl (C=O) groups excluding carboxylic acids is 1. The average molecular weight is 170 g/mol. The van der Waals surface area contributed by atoms with Gasteiger partial charge in [-0.3, -0.25) is 4.79 Å². The van der Waals surface area contributed by atoms with Crippen LogP contribution in [0.5, 0.6) is 0 Å². The number of ether oxygens (including phenoxy) is 1. The Balaban J connectivity index is 2.47. The van der Waals surface area contributed by atoms with Crippen molar-refractivity contribution >= 4 is 5.78 Å². The minimum absolute atomic E-state index is 0.157. The van der Waals surface area contributed by atoms with Gasteiger partial charge in [-0.25, -0.2) is 0 Å². The zero-order valence-electron chi connectivity index (χ0n) is 8.22. The first kappa shape index (κ1) is 9.72. The Kier molecular flexibility index (Phi) is 2.89. The van der Waals surface area contributed by atoms with Crippen molar-refractivity contribution in [1.29, 1.82) is 0 Å². The molecule has 0 aromatic heterocycles. The molecular formula is C10H18O2. The van der Waals surface area contributed by atoms with Crippen molar-refractivity contribution in [3.8, 4) is 0 Å². The van der Waals surface area contributed by atoms with Crippen molar-refractivity contribution in [2.45, 2.75) is 46.1 Å². The Morgan fingerprint density at radius 1 is 1.58 bits per heavy atom. The predicted molar refractivity (Wildman–Crippen MR) is 48.1 cm³/mol. The molecule has 0 amide bonds. The molecule has 0 aromatic rings. The Morgan fingerprint density at radius 2 is 2.25 bits per heavy atom. The summed E-state index contributed by atoms with van der Waals surface area (Å²) in [6.07, 6.45) is 2.47. The fraction of sp³-hybridized carbons (Fsp3) is 0.900. The van der Waals surface area contributed by atoms with Gasteiger partial charge in [0.15, 0.2) is 0 Å². The molecule has 1 heterocycles. The first-order valence-corrected chi connectivity index (χ1v) is 4.69. The second-order valence-corrected chi connectivity index (χ2v) is 4.19. The summed E-state index contributed by atoms with van der Waals surface area (Å²) >= 11 is 0. The maximum Gasteiger partial charge on any atom is 0.135 e. The van der Waals surface area contributed by atoms with Crippen LogP contribution >= 0.6 is 0 Å². The third-order valence-electron chi connectivity index (χ3n) is 2.74. The SMILES string of the molecule is CCC(=O)CC1OCCC1(C)C. The molecule has 0 bridgehead atoms. The van der Waals surface area contributed by atoms with Gasteiger partial charge in [0.1, 0.15) is 5.78 Å². The van der Waals surface area contributed by atoms with E-state index in [4.69, 9.17) is 4.74 Å². The molecule has 0 saturated carbocycles. The highest BCUT2D eigenvalue weighted by molar-refractivity contribution is 5.78. The van der Waals surface area contributed by atoms with E-state index in [0.717, 1.165) is 13.0 Å². The zero-order valence-corrected chi connectivity index (χ0v) is 8.22. The van der Waals surface area contributed by atoms with Gasteiger partial charge in [0.05, 0.1) is 6.10 Å². The van der Waals surface area contributed by atoms with E-state index >= 15 is 0 Å². The molecule has 0 N–H and O–H groups in total. The van der Waals surface area contributed by atoms with Gasteiger partial charge in [-0.2, -0.15) is 0 Å². The molecular weight excluding hydrogens is 152 g/mol. The van der Waals surface area contributed by atoms with Crippen molar-refractivity contribution in [3.05, 3.63) is 0 Å². The van der Waals surface area contributed by atoms with Gasteiger partial charge in [-0.05, 0) is 11.8 Å². The summed E-state index contributed by atoms with van der Waals surface area (Å²) in [4.78, 5) is 11.2. The first-order valence-electron chi connectivity index (χ1n) is 4.69. The van der Waals surface area contributed by atoms with Crippen LogP contribution in [0.4, 0.5) is 0 Å². The summed E-state index contributed by atoms with van der Waals surface area (Å²) in [5, 5.41) is 0. The lowest BCUT2D eigenvalue weighted by Gasteiger charge is -2.24. The van der Waals surface area contributed by atoms with Crippen LogP contribution in [0.3, 0.4) is 0 Å². The van der Waals surface area contributed by atoms with E-state index in [9.17, 15) is 4.79 Å². The largest absolute Gasteiger partial charge is 0.377 e. The summed E-state index contributed by atoms with van der Waals surface area (Å²) in [6, 6.07) is 0. The van der Waals surface area contributed by atoms with Gasteiger partial charge < -0.3 is 4.74 Å². The highest BCUT2D eigenvalue weighted by Crippen LogP contribution is 2.35. The highest BCUT2D eigenvalue weighted by Gasteiger charge is 2.36. The molecule has 0 aromatic carbocycles. The molecule has 0 spiro atoms. The highest BCUT2D eigenvalue weighted by atomic mass is 16.5. The van der Waals surface area contributed by atoms with Crippen LogP contribution < -0.4 is 0 Å². The topological polar surface area (TPSA) is 26.3 Å². The first-order chi connectivity index (χ1) is 5.56. The van der Waals surface area contributed by atoms with E-state index < -0.39 is 0 Å². The Hall–Kier alpha value is -0.370. The fourth-order valence-corrected chi connectivity index (χ4v) is 1.54. The van der Waals surface area contributed by atoms with E-state index in [-0.39, 0.29) is 11.5 Å². The third kappa shape index (κ3) is 2.07. The second-order valence-electron chi connectivity index (χ2n) is 4.19. The Labute approximate surface area is 74.3 Å². The molecule has 2 nitrogen and oxygen atoms in total. The summed E-state index contributed by atoms with van der Waals surface area (Å²) < 4.78 is 5.52. The van der Waals surface area contributed by atoms with Crippen LogP contribution in [0.15, 0.2) is 0 Å². The van der Waals surface area contributed by atoms with Crippen LogP contribution in [0, 0.1) is 5.41 Å². The lowest BCUT2D eigenvalue weighted by atomic mass is 9.83. The van der Waals surface area contributed by atoms with Crippen LogP contribution in [0.1, 0.15) is 40.0 Å². The normalized spacial score (nSPS) is 27.4. The van der Waals surface area contributed by atoms with E-state index in [1.807, 2.05) is 6.92 Å². The Bertz CT molecular complexity index is 173. The number of rotatable bonds is 3. The third-order valence-corrected chi connectivity index (χ3v) is 2.74. The van der Waals surface area contributed by atoms with Crippen molar-refractivity contribution in [1.82, 2.24) is 0 Å². The average Bonchev–Trinajstić information content (AvgIpc) is 2.31. The summed E-state index contributed by atoms with van der Waals surface area (Å²) in [5.41, 5.74) is 0.199. The maximum absolute atomic E-state index is 11.2. The van der Waals surface area contributed by atoms with Gasteiger partial charge in [0, 0.05) is 19.4 Å². The van der Waals surface area contributed by atoms with E-state index in [1.54, 1.807) is 0 Å². The molecule has 1 saturated heterocycles. The molecule has 1 atom stereocenters. The van der Waals surface area contributed by atoms with Crippen LogP contribution in [0.25, 0.3) is 0 Å². The summed E-state index contributed by atoms with van der Waals surface area (Å²) in [6.45, 7) is 7.07. The molecule has 2 heteroatoms. The van der Waals surface area contributed by atoms with Gasteiger partial charge in [0.2, 0.25) is 0 Å². The predicted octanol–water partition coefficient (Wildman–Crippen LogP) is 2.17. The lowest BCUT2D eigenvalue weighted by molar-refractivity contribution is -0.122. The minimum Gasteiger partial charge on any atom is -0.377 e. The molecule has 1 aliphatic heterocycles. The van der Waals surface area contributed by atoms with Gasteiger partial charge in [-0.15, -0.1) is 0 Å². The van der Waals surface area contributed by atoms with Crippen molar-refractivity contribution in [2.24, 2.45) is 5.41 Å². The van der Waals surface area contributed by atoms with Crippen LogP contribution in [-0.2, 0) is 9.53 Å². The smallest absolute Gasteiger partial charge is 0.135 e. The van der Waals surface area contributed by atoms with Crippen LogP contribution in [0.2, 0.25) is 0 Å². The molecule has 1 rings (SSSR count). The van der Waals surface area contributed by atoms with Gasteiger partial charge in [-0.1, -0.05) is 20.8 Å². The second kappa shape index (κ2) is 3.56.